The van der Waals surface area contributed by atoms with Gasteiger partial charge in [0.15, 0.2) is 0 Å². The van der Waals surface area contributed by atoms with E-state index in [0.29, 0.717) is 24.2 Å². The van der Waals surface area contributed by atoms with Gasteiger partial charge in [-0.2, -0.15) is 0 Å². The van der Waals surface area contributed by atoms with Gasteiger partial charge in [-0.25, -0.2) is 4.79 Å². The Bertz CT molecular complexity index is 572. The molecule has 0 bridgehead atoms. The predicted octanol–water partition coefficient (Wildman–Crippen LogP) is 2.35. The van der Waals surface area contributed by atoms with Gasteiger partial charge in [0.2, 0.25) is 0 Å². The molecule has 140 valence electrons. The Balaban J connectivity index is 0.00000312. The summed E-state index contributed by atoms with van der Waals surface area (Å²) in [6, 6.07) is 6.82. The summed E-state index contributed by atoms with van der Waals surface area (Å²) in [7, 11) is 1.57. The molecule has 7 nitrogen and oxygen atoms in total. The summed E-state index contributed by atoms with van der Waals surface area (Å²) in [5.74, 6) is -0.134. The Hall–Kier alpha value is -1.83. The van der Waals surface area contributed by atoms with Gasteiger partial charge in [-0.3, -0.25) is 4.79 Å². The molecule has 4 N–H and O–H groups in total. The number of piperidine rings is 1. The van der Waals surface area contributed by atoms with E-state index >= 15 is 0 Å². The Morgan fingerprint density at radius 3 is 2.08 bits per heavy atom. The molecule has 1 fully saturated rings. The van der Waals surface area contributed by atoms with Crippen LogP contribution in [0.5, 0.6) is 0 Å². The molecule has 0 saturated carbocycles. The molecule has 0 spiro atoms. The van der Waals surface area contributed by atoms with E-state index in [1.807, 2.05) is 13.8 Å². The lowest BCUT2D eigenvalue weighted by Gasteiger charge is -2.34. The first-order valence-electron chi connectivity index (χ1n) is 8.20. The topological polar surface area (TPSA) is 91.5 Å². The highest BCUT2D eigenvalue weighted by molar-refractivity contribution is 5.98. The van der Waals surface area contributed by atoms with Crippen LogP contribution in [-0.2, 0) is 9.53 Å². The van der Waals surface area contributed by atoms with Crippen molar-refractivity contribution in [1.82, 2.24) is 10.6 Å². The molecule has 1 aromatic carbocycles. The van der Waals surface area contributed by atoms with Crippen LogP contribution >= 0.6 is 12.4 Å². The third kappa shape index (κ3) is 5.88. The van der Waals surface area contributed by atoms with Crippen LogP contribution in [0, 0.1) is 0 Å². The van der Waals surface area contributed by atoms with E-state index in [-0.39, 0.29) is 30.4 Å². The van der Waals surface area contributed by atoms with Gasteiger partial charge in [-0.15, -0.1) is 12.4 Å². The number of ether oxygens (including phenoxy) is 1. The highest BCUT2D eigenvalue weighted by Crippen LogP contribution is 2.25. The van der Waals surface area contributed by atoms with Crippen molar-refractivity contribution in [3.05, 3.63) is 24.3 Å². The fraction of sp³-hybridized carbons (Fsp3) is 0.529. The van der Waals surface area contributed by atoms with Crippen LogP contribution in [0.2, 0.25) is 0 Å². The molecular weight excluding hydrogens is 344 g/mol. The molecule has 3 amide bonds. The van der Waals surface area contributed by atoms with Crippen LogP contribution in [0.3, 0.4) is 0 Å². The molecule has 8 heteroatoms. The predicted molar refractivity (Wildman–Crippen MR) is 101 cm³/mol. The summed E-state index contributed by atoms with van der Waals surface area (Å²) in [5.41, 5.74) is 0.554. The van der Waals surface area contributed by atoms with Gasteiger partial charge < -0.3 is 26.0 Å². The zero-order chi connectivity index (χ0) is 17.6. The van der Waals surface area contributed by atoms with Crippen LogP contribution in [0.15, 0.2) is 24.3 Å². The Morgan fingerprint density at radius 1 is 1.08 bits per heavy atom. The zero-order valence-corrected chi connectivity index (χ0v) is 15.7. The van der Waals surface area contributed by atoms with Crippen molar-refractivity contribution < 1.29 is 14.3 Å². The molecule has 1 aromatic rings. The summed E-state index contributed by atoms with van der Waals surface area (Å²) in [6.07, 6.45) is 1.29. The average Bonchev–Trinajstić information content (AvgIpc) is 2.56. The van der Waals surface area contributed by atoms with Crippen molar-refractivity contribution in [3.8, 4) is 0 Å². The number of hydrogen-bond acceptors (Lipinski definition) is 4. The number of carbonyl (C=O) groups excluding carboxylic acids is 2. The number of hydrogen-bond donors (Lipinski definition) is 4. The van der Waals surface area contributed by atoms with Crippen LogP contribution in [0.4, 0.5) is 16.2 Å². The van der Waals surface area contributed by atoms with Crippen molar-refractivity contribution in [2.75, 3.05) is 30.8 Å². The Kier molecular flexibility index (Phi) is 8.15. The second kappa shape index (κ2) is 9.60. The van der Waals surface area contributed by atoms with Crippen molar-refractivity contribution in [2.24, 2.45) is 0 Å². The fourth-order valence-corrected chi connectivity index (χ4v) is 2.67. The highest BCUT2D eigenvalue weighted by Gasteiger charge is 2.39. The van der Waals surface area contributed by atoms with Crippen LogP contribution in [-0.4, -0.2) is 43.8 Å². The number of benzene rings is 1. The summed E-state index contributed by atoms with van der Waals surface area (Å²) in [4.78, 5) is 24.2. The number of carbonyl (C=O) groups is 2. The fourth-order valence-electron chi connectivity index (χ4n) is 2.67. The quantitative estimate of drug-likeness (QED) is 0.640. The van der Waals surface area contributed by atoms with Gasteiger partial charge in [0, 0.05) is 24.5 Å². The van der Waals surface area contributed by atoms with E-state index in [1.165, 1.54) is 0 Å². The number of urea groups is 1. The minimum Gasteiger partial charge on any atom is -0.368 e. The highest BCUT2D eigenvalue weighted by atomic mass is 35.5. The second-order valence-electron chi connectivity index (χ2n) is 6.23. The number of anilines is 2. The van der Waals surface area contributed by atoms with Crippen molar-refractivity contribution >= 4 is 35.7 Å². The van der Waals surface area contributed by atoms with Crippen LogP contribution in [0.1, 0.15) is 26.7 Å². The third-order valence-electron chi connectivity index (χ3n) is 4.04. The molecular formula is C17H27ClN4O3. The number of nitrogens with one attached hydrogen (secondary N) is 4. The van der Waals surface area contributed by atoms with Crippen molar-refractivity contribution in [2.45, 2.75) is 38.3 Å². The van der Waals surface area contributed by atoms with Gasteiger partial charge in [0.1, 0.15) is 5.60 Å². The van der Waals surface area contributed by atoms with Crippen molar-refractivity contribution in [3.63, 3.8) is 0 Å². The molecule has 0 unspecified atom stereocenters. The minimum absolute atomic E-state index is 0. The molecule has 0 aliphatic carbocycles. The van der Waals surface area contributed by atoms with E-state index in [4.69, 9.17) is 4.74 Å². The maximum Gasteiger partial charge on any atom is 0.319 e. The van der Waals surface area contributed by atoms with Crippen molar-refractivity contribution in [1.29, 1.82) is 0 Å². The molecule has 2 rings (SSSR count). The Morgan fingerprint density at radius 2 is 1.60 bits per heavy atom. The lowest BCUT2D eigenvalue weighted by atomic mass is 9.91. The summed E-state index contributed by atoms with van der Waals surface area (Å²) < 4.78 is 5.51. The SMILES string of the molecule is COC1(C(=O)Nc2ccc(NC(=O)NC(C)C)cc2)CCNCC1.Cl. The first-order chi connectivity index (χ1) is 11.4. The molecule has 1 aliphatic rings. The maximum atomic E-state index is 12.6. The standard InChI is InChI=1S/C17H26N4O3.ClH/c1-12(2)19-16(23)21-14-6-4-13(5-7-14)20-15(22)17(24-3)8-10-18-11-9-17;/h4-7,12,18H,8-11H2,1-3H3,(H,20,22)(H2,19,21,23);1H. The number of halogens is 1. The molecule has 1 heterocycles. The van der Waals surface area contributed by atoms with E-state index < -0.39 is 5.60 Å². The molecule has 1 saturated heterocycles. The lowest BCUT2D eigenvalue weighted by Crippen LogP contribution is -2.51. The van der Waals surface area contributed by atoms with Crippen LogP contribution < -0.4 is 21.3 Å². The first-order valence-corrected chi connectivity index (χ1v) is 8.20. The van der Waals surface area contributed by atoms with Gasteiger partial charge >= 0.3 is 6.03 Å². The Labute approximate surface area is 154 Å². The number of methoxy groups -OCH3 is 1. The van der Waals surface area contributed by atoms with E-state index in [1.54, 1.807) is 31.4 Å². The molecule has 25 heavy (non-hydrogen) atoms. The largest absolute Gasteiger partial charge is 0.368 e. The normalized spacial score (nSPS) is 15.8. The maximum absolute atomic E-state index is 12.6. The van der Waals surface area contributed by atoms with Gasteiger partial charge in [0.05, 0.1) is 0 Å². The molecule has 0 aromatic heterocycles. The zero-order valence-electron chi connectivity index (χ0n) is 14.8. The number of rotatable bonds is 5. The monoisotopic (exact) mass is 370 g/mol. The van der Waals surface area contributed by atoms with Gasteiger partial charge in [-0.05, 0) is 64.0 Å². The molecule has 0 radical (unpaired) electrons. The summed E-state index contributed by atoms with van der Waals surface area (Å²) >= 11 is 0. The summed E-state index contributed by atoms with van der Waals surface area (Å²) in [6.45, 7) is 5.30. The lowest BCUT2D eigenvalue weighted by molar-refractivity contribution is -0.140. The third-order valence-corrected chi connectivity index (χ3v) is 4.04. The smallest absolute Gasteiger partial charge is 0.319 e. The number of amides is 3. The first kappa shape index (κ1) is 21.2. The van der Waals surface area contributed by atoms with Crippen LogP contribution in [0.25, 0.3) is 0 Å². The second-order valence-corrected chi connectivity index (χ2v) is 6.23. The van der Waals surface area contributed by atoms with Gasteiger partial charge in [0.25, 0.3) is 5.91 Å². The van der Waals surface area contributed by atoms with E-state index in [0.717, 1.165) is 13.1 Å². The molecule has 1 aliphatic heterocycles. The van der Waals surface area contributed by atoms with E-state index in [2.05, 4.69) is 21.3 Å². The minimum atomic E-state index is -0.778. The average molecular weight is 371 g/mol. The van der Waals surface area contributed by atoms with Gasteiger partial charge in [-0.1, -0.05) is 0 Å². The van der Waals surface area contributed by atoms with E-state index in [9.17, 15) is 9.59 Å². The molecule has 0 atom stereocenters. The summed E-state index contributed by atoms with van der Waals surface area (Å²) in [5, 5.41) is 11.6.